The fraction of sp³-hybridized carbons (Fsp3) is 0.273. The van der Waals surface area contributed by atoms with E-state index in [1.807, 2.05) is 29.8 Å². The van der Waals surface area contributed by atoms with Gasteiger partial charge in [0, 0.05) is 18.5 Å². The Morgan fingerprint density at radius 1 is 1.30 bits per heavy atom. The van der Waals surface area contributed by atoms with E-state index in [9.17, 15) is 9.18 Å². The van der Waals surface area contributed by atoms with E-state index in [0.29, 0.717) is 37.6 Å². The van der Waals surface area contributed by atoms with Crippen molar-refractivity contribution in [1.29, 1.82) is 0 Å². The molecular formula is C22H22FN3O3S. The number of nitrogens with one attached hydrogen (secondary N) is 1. The molecule has 0 radical (unpaired) electrons. The minimum absolute atomic E-state index is 0.102. The molecule has 1 amide bonds. The van der Waals surface area contributed by atoms with Gasteiger partial charge < -0.3 is 14.5 Å². The highest BCUT2D eigenvalue weighted by Crippen LogP contribution is 2.28. The number of aromatic nitrogens is 2. The van der Waals surface area contributed by atoms with Crippen LogP contribution in [0.3, 0.4) is 0 Å². The van der Waals surface area contributed by atoms with E-state index >= 15 is 0 Å². The van der Waals surface area contributed by atoms with Crippen molar-refractivity contribution in [2.45, 2.75) is 26.5 Å². The zero-order valence-corrected chi connectivity index (χ0v) is 17.4. The van der Waals surface area contributed by atoms with Crippen molar-refractivity contribution in [3.63, 3.8) is 0 Å². The highest BCUT2D eigenvalue weighted by molar-refractivity contribution is 7.20. The fourth-order valence-corrected chi connectivity index (χ4v) is 4.20. The summed E-state index contributed by atoms with van der Waals surface area (Å²) in [5.74, 6) is 0.423. The molecule has 0 bridgehead atoms. The third-order valence-corrected chi connectivity index (χ3v) is 5.80. The van der Waals surface area contributed by atoms with Gasteiger partial charge in [-0.05, 0) is 49.2 Å². The van der Waals surface area contributed by atoms with E-state index in [2.05, 4.69) is 10.4 Å². The van der Waals surface area contributed by atoms with Crippen LogP contribution < -0.4 is 5.32 Å². The zero-order valence-electron chi connectivity index (χ0n) is 16.6. The Morgan fingerprint density at radius 2 is 2.13 bits per heavy atom. The van der Waals surface area contributed by atoms with Gasteiger partial charge in [0.25, 0.3) is 5.91 Å². The lowest BCUT2D eigenvalue weighted by atomic mass is 10.2. The molecule has 8 heteroatoms. The number of furan rings is 1. The second kappa shape index (κ2) is 9.23. The number of hydrogen-bond acceptors (Lipinski definition) is 5. The van der Waals surface area contributed by atoms with Gasteiger partial charge in [0.1, 0.15) is 23.0 Å². The van der Waals surface area contributed by atoms with Crippen LogP contribution in [0.1, 0.15) is 33.1 Å². The second-order valence-corrected chi connectivity index (χ2v) is 7.97. The van der Waals surface area contributed by atoms with Crippen LogP contribution in [0.15, 0.2) is 53.1 Å². The van der Waals surface area contributed by atoms with Crippen LogP contribution in [0.2, 0.25) is 0 Å². The molecule has 3 aromatic heterocycles. The van der Waals surface area contributed by atoms with Crippen molar-refractivity contribution < 1.29 is 18.3 Å². The van der Waals surface area contributed by atoms with Gasteiger partial charge in [0.2, 0.25) is 0 Å². The Balaban J connectivity index is 1.32. The largest absolute Gasteiger partial charge is 0.467 e. The molecule has 0 fully saturated rings. The van der Waals surface area contributed by atoms with Crippen molar-refractivity contribution in [1.82, 2.24) is 15.1 Å². The second-order valence-electron chi connectivity index (χ2n) is 6.94. The highest BCUT2D eigenvalue weighted by atomic mass is 32.1. The van der Waals surface area contributed by atoms with Crippen LogP contribution in [0, 0.1) is 12.7 Å². The van der Waals surface area contributed by atoms with Crippen LogP contribution in [0.4, 0.5) is 4.39 Å². The molecule has 0 atom stereocenters. The molecule has 3 heterocycles. The molecule has 1 N–H and O–H groups in total. The Bertz CT molecular complexity index is 1120. The molecule has 4 rings (SSSR count). The standard InChI is InChI=1S/C22H22FN3O3S/c1-15-19-12-20(21(27)24-9-3-10-28-14-18-4-2-11-29-18)30-22(19)26(25-15)13-16-5-7-17(23)8-6-16/h2,4-8,11-12H,3,9-10,13-14H2,1H3,(H,24,27). The number of amides is 1. The lowest BCUT2D eigenvalue weighted by Crippen LogP contribution is -2.24. The average molecular weight is 428 g/mol. The van der Waals surface area contributed by atoms with Crippen molar-refractivity contribution in [2.75, 3.05) is 13.2 Å². The maximum Gasteiger partial charge on any atom is 0.261 e. The van der Waals surface area contributed by atoms with E-state index in [-0.39, 0.29) is 11.7 Å². The number of carbonyl (C=O) groups excluding carboxylic acids is 1. The van der Waals surface area contributed by atoms with E-state index in [1.54, 1.807) is 18.4 Å². The fourth-order valence-electron chi connectivity index (χ4n) is 3.13. The highest BCUT2D eigenvalue weighted by Gasteiger charge is 2.16. The van der Waals surface area contributed by atoms with Crippen LogP contribution in [-0.2, 0) is 17.9 Å². The number of aryl methyl sites for hydroxylation is 1. The maximum absolute atomic E-state index is 13.1. The number of hydrogen-bond donors (Lipinski definition) is 1. The predicted molar refractivity (Wildman–Crippen MR) is 113 cm³/mol. The summed E-state index contributed by atoms with van der Waals surface area (Å²) >= 11 is 1.41. The van der Waals surface area contributed by atoms with E-state index in [4.69, 9.17) is 9.15 Å². The van der Waals surface area contributed by atoms with Crippen molar-refractivity contribution in [3.05, 3.63) is 76.4 Å². The molecule has 0 unspecified atom stereocenters. The van der Waals surface area contributed by atoms with Gasteiger partial charge in [-0.25, -0.2) is 4.39 Å². The smallest absolute Gasteiger partial charge is 0.261 e. The third-order valence-electron chi connectivity index (χ3n) is 4.65. The molecule has 156 valence electrons. The SMILES string of the molecule is Cc1nn(Cc2ccc(F)cc2)c2sc(C(=O)NCCCOCc3ccco3)cc12. The summed E-state index contributed by atoms with van der Waals surface area (Å²) in [6.45, 7) is 3.96. The average Bonchev–Trinajstić information content (AvgIpc) is 3.46. The summed E-state index contributed by atoms with van der Waals surface area (Å²) in [5, 5.41) is 8.46. The molecule has 0 aliphatic rings. The Hall–Kier alpha value is -2.97. The van der Waals surface area contributed by atoms with Gasteiger partial charge in [-0.3, -0.25) is 9.48 Å². The Morgan fingerprint density at radius 3 is 2.90 bits per heavy atom. The number of carbonyl (C=O) groups is 1. The maximum atomic E-state index is 13.1. The van der Waals surface area contributed by atoms with Gasteiger partial charge in [-0.15, -0.1) is 11.3 Å². The summed E-state index contributed by atoms with van der Waals surface area (Å²) in [6.07, 6.45) is 2.33. The minimum Gasteiger partial charge on any atom is -0.467 e. The van der Waals surface area contributed by atoms with Crippen LogP contribution in [0.5, 0.6) is 0 Å². The monoisotopic (exact) mass is 427 g/mol. The predicted octanol–water partition coefficient (Wildman–Crippen LogP) is 4.52. The number of thiophene rings is 1. The molecule has 0 saturated heterocycles. The van der Waals surface area contributed by atoms with Gasteiger partial charge >= 0.3 is 0 Å². The van der Waals surface area contributed by atoms with Gasteiger partial charge in [0.05, 0.1) is 23.4 Å². The van der Waals surface area contributed by atoms with E-state index < -0.39 is 0 Å². The number of ether oxygens (including phenoxy) is 1. The first kappa shape index (κ1) is 20.3. The van der Waals surface area contributed by atoms with Crippen LogP contribution in [-0.4, -0.2) is 28.8 Å². The summed E-state index contributed by atoms with van der Waals surface area (Å²) in [7, 11) is 0. The number of benzene rings is 1. The summed E-state index contributed by atoms with van der Waals surface area (Å²) in [6, 6.07) is 11.9. The molecular weight excluding hydrogens is 405 g/mol. The molecule has 0 saturated carbocycles. The number of halogens is 1. The molecule has 30 heavy (non-hydrogen) atoms. The lowest BCUT2D eigenvalue weighted by Gasteiger charge is -2.05. The summed E-state index contributed by atoms with van der Waals surface area (Å²) in [5.41, 5.74) is 1.82. The Kier molecular flexibility index (Phi) is 6.25. The zero-order chi connectivity index (χ0) is 20.9. The number of fused-ring (bicyclic) bond motifs is 1. The van der Waals surface area contributed by atoms with Crippen molar-refractivity contribution in [2.24, 2.45) is 0 Å². The third kappa shape index (κ3) is 4.77. The minimum atomic E-state index is -0.262. The normalized spacial score (nSPS) is 11.3. The topological polar surface area (TPSA) is 69.3 Å². The summed E-state index contributed by atoms with van der Waals surface area (Å²) in [4.78, 5) is 14.1. The van der Waals surface area contributed by atoms with Gasteiger partial charge in [-0.2, -0.15) is 5.10 Å². The van der Waals surface area contributed by atoms with E-state index in [1.165, 1.54) is 23.5 Å². The Labute approximate surface area is 177 Å². The molecule has 1 aromatic carbocycles. The first-order chi connectivity index (χ1) is 14.6. The van der Waals surface area contributed by atoms with E-state index in [0.717, 1.165) is 27.2 Å². The first-order valence-corrected chi connectivity index (χ1v) is 10.5. The first-order valence-electron chi connectivity index (χ1n) is 9.70. The summed E-state index contributed by atoms with van der Waals surface area (Å²) < 4.78 is 25.7. The molecule has 4 aromatic rings. The molecule has 6 nitrogen and oxygen atoms in total. The quantitative estimate of drug-likeness (QED) is 0.399. The van der Waals surface area contributed by atoms with Crippen LogP contribution >= 0.6 is 11.3 Å². The van der Waals surface area contributed by atoms with Crippen molar-refractivity contribution >= 4 is 27.5 Å². The molecule has 0 aliphatic heterocycles. The van der Waals surface area contributed by atoms with Crippen LogP contribution in [0.25, 0.3) is 10.2 Å². The van der Waals surface area contributed by atoms with Gasteiger partial charge in [-0.1, -0.05) is 12.1 Å². The molecule has 0 aliphatic carbocycles. The van der Waals surface area contributed by atoms with Crippen molar-refractivity contribution in [3.8, 4) is 0 Å². The van der Waals surface area contributed by atoms with Gasteiger partial charge in [0.15, 0.2) is 0 Å². The number of rotatable bonds is 9. The number of nitrogens with zero attached hydrogens (tertiary/aromatic N) is 2. The molecule has 0 spiro atoms. The lowest BCUT2D eigenvalue weighted by molar-refractivity contribution is 0.0920.